The first-order valence-electron chi connectivity index (χ1n) is 7.49. The number of nitrogens with one attached hydrogen (secondary N) is 1. The minimum Gasteiger partial charge on any atom is -0.308 e. The van der Waals surface area contributed by atoms with Crippen LogP contribution in [0.1, 0.15) is 52.2 Å². The highest BCUT2D eigenvalue weighted by Crippen LogP contribution is 2.10. The Kier molecular flexibility index (Phi) is 6.53. The highest BCUT2D eigenvalue weighted by Gasteiger charge is 2.09. The molecule has 1 aromatic rings. The molecule has 1 N–H and O–H groups in total. The smallest absolute Gasteiger partial charge is 0.0233 e. The van der Waals surface area contributed by atoms with E-state index in [0.717, 1.165) is 19.6 Å². The maximum atomic E-state index is 3.54. The fourth-order valence-corrected chi connectivity index (χ4v) is 2.13. The van der Waals surface area contributed by atoms with Crippen molar-refractivity contribution in [1.82, 2.24) is 10.2 Å². The lowest BCUT2D eigenvalue weighted by Crippen LogP contribution is -2.35. The zero-order valence-electron chi connectivity index (χ0n) is 13.3. The molecule has 0 saturated heterocycles. The van der Waals surface area contributed by atoms with Crippen LogP contribution in [0.4, 0.5) is 0 Å². The summed E-state index contributed by atoms with van der Waals surface area (Å²) in [6.07, 6.45) is 1.22. The van der Waals surface area contributed by atoms with E-state index in [9.17, 15) is 0 Å². The van der Waals surface area contributed by atoms with Crippen molar-refractivity contribution in [2.45, 2.75) is 59.7 Å². The molecule has 0 fully saturated rings. The normalized spacial score (nSPS) is 12.1. The number of rotatable bonds is 7. The van der Waals surface area contributed by atoms with Gasteiger partial charge >= 0.3 is 0 Å². The average molecular weight is 262 g/mol. The van der Waals surface area contributed by atoms with Gasteiger partial charge in [0.25, 0.3) is 0 Å². The highest BCUT2D eigenvalue weighted by atomic mass is 15.1. The lowest BCUT2D eigenvalue weighted by molar-refractivity contribution is 0.280. The zero-order valence-corrected chi connectivity index (χ0v) is 13.3. The molecule has 0 atom stereocenters. The van der Waals surface area contributed by atoms with E-state index in [0.29, 0.717) is 0 Å². The largest absolute Gasteiger partial charge is 0.308 e. The molecule has 1 aromatic carbocycles. The van der Waals surface area contributed by atoms with Gasteiger partial charge in [-0.15, -0.1) is 0 Å². The Bertz CT molecular complexity index is 366. The number of benzene rings is 1. The van der Waals surface area contributed by atoms with Crippen molar-refractivity contribution in [2.24, 2.45) is 0 Å². The molecule has 0 heterocycles. The molecule has 108 valence electrons. The van der Waals surface area contributed by atoms with Crippen LogP contribution >= 0.6 is 0 Å². The second-order valence-corrected chi connectivity index (χ2v) is 6.29. The SMILES string of the molecule is CCCN(CC)Cc1cccc(CNC(C)(C)C)c1. The van der Waals surface area contributed by atoms with Gasteiger partial charge in [-0.3, -0.25) is 4.90 Å². The minimum atomic E-state index is 0.174. The third-order valence-corrected chi connectivity index (χ3v) is 3.21. The molecule has 2 heteroatoms. The van der Waals surface area contributed by atoms with E-state index in [4.69, 9.17) is 0 Å². The molecule has 2 nitrogen and oxygen atoms in total. The number of hydrogen-bond acceptors (Lipinski definition) is 2. The second kappa shape index (κ2) is 7.66. The Morgan fingerprint density at radius 1 is 1.11 bits per heavy atom. The Labute approximate surface area is 119 Å². The first kappa shape index (κ1) is 16.2. The fraction of sp³-hybridized carbons (Fsp3) is 0.647. The Morgan fingerprint density at radius 3 is 2.37 bits per heavy atom. The summed E-state index contributed by atoms with van der Waals surface area (Å²) in [6.45, 7) is 15.4. The van der Waals surface area contributed by atoms with Crippen molar-refractivity contribution in [1.29, 1.82) is 0 Å². The van der Waals surface area contributed by atoms with Crippen LogP contribution in [0.2, 0.25) is 0 Å². The van der Waals surface area contributed by atoms with Gasteiger partial charge in [0.05, 0.1) is 0 Å². The van der Waals surface area contributed by atoms with Crippen LogP contribution < -0.4 is 5.32 Å². The van der Waals surface area contributed by atoms with Gasteiger partial charge in [-0.05, 0) is 51.4 Å². The van der Waals surface area contributed by atoms with Crippen LogP contribution in [0, 0.1) is 0 Å². The molecular weight excluding hydrogens is 232 g/mol. The highest BCUT2D eigenvalue weighted by molar-refractivity contribution is 5.23. The van der Waals surface area contributed by atoms with Crippen LogP contribution in [-0.2, 0) is 13.1 Å². The van der Waals surface area contributed by atoms with Gasteiger partial charge in [0.1, 0.15) is 0 Å². The lowest BCUT2D eigenvalue weighted by atomic mass is 10.1. The van der Waals surface area contributed by atoms with Gasteiger partial charge in [-0.1, -0.05) is 38.1 Å². The minimum absolute atomic E-state index is 0.174. The summed E-state index contributed by atoms with van der Waals surface area (Å²) < 4.78 is 0. The van der Waals surface area contributed by atoms with E-state index >= 15 is 0 Å². The summed E-state index contributed by atoms with van der Waals surface area (Å²) in [7, 11) is 0. The van der Waals surface area contributed by atoms with Crippen LogP contribution in [-0.4, -0.2) is 23.5 Å². The first-order chi connectivity index (χ1) is 8.94. The maximum absolute atomic E-state index is 3.54. The topological polar surface area (TPSA) is 15.3 Å². The Morgan fingerprint density at radius 2 is 1.79 bits per heavy atom. The van der Waals surface area contributed by atoms with E-state index in [1.165, 1.54) is 24.1 Å². The summed E-state index contributed by atoms with van der Waals surface area (Å²) in [5, 5.41) is 3.54. The fourth-order valence-electron chi connectivity index (χ4n) is 2.13. The molecule has 19 heavy (non-hydrogen) atoms. The van der Waals surface area contributed by atoms with E-state index in [1.807, 2.05) is 0 Å². The standard InChI is InChI=1S/C17H30N2/c1-6-11-19(7-2)14-16-10-8-9-15(12-16)13-18-17(3,4)5/h8-10,12,18H,6-7,11,13-14H2,1-5H3. The van der Waals surface area contributed by atoms with Crippen molar-refractivity contribution < 1.29 is 0 Å². The van der Waals surface area contributed by atoms with Crippen molar-refractivity contribution in [3.63, 3.8) is 0 Å². The van der Waals surface area contributed by atoms with Gasteiger partial charge in [0.2, 0.25) is 0 Å². The van der Waals surface area contributed by atoms with Crippen molar-refractivity contribution >= 4 is 0 Å². The van der Waals surface area contributed by atoms with E-state index in [1.54, 1.807) is 0 Å². The molecule has 0 saturated carbocycles. The third-order valence-electron chi connectivity index (χ3n) is 3.21. The predicted molar refractivity (Wildman–Crippen MR) is 84.3 cm³/mol. The van der Waals surface area contributed by atoms with Crippen LogP contribution in [0.25, 0.3) is 0 Å². The number of nitrogens with zero attached hydrogens (tertiary/aromatic N) is 1. The molecule has 0 bridgehead atoms. The van der Waals surface area contributed by atoms with E-state index < -0.39 is 0 Å². The molecule has 0 amide bonds. The molecule has 0 aromatic heterocycles. The van der Waals surface area contributed by atoms with Gasteiger partial charge in [0.15, 0.2) is 0 Å². The second-order valence-electron chi connectivity index (χ2n) is 6.29. The molecule has 0 aliphatic carbocycles. The van der Waals surface area contributed by atoms with Gasteiger partial charge in [-0.2, -0.15) is 0 Å². The van der Waals surface area contributed by atoms with Crippen LogP contribution in [0.5, 0.6) is 0 Å². The van der Waals surface area contributed by atoms with E-state index in [-0.39, 0.29) is 5.54 Å². The molecule has 0 aliphatic heterocycles. The van der Waals surface area contributed by atoms with Gasteiger partial charge in [-0.25, -0.2) is 0 Å². The quantitative estimate of drug-likeness (QED) is 0.804. The van der Waals surface area contributed by atoms with Gasteiger partial charge < -0.3 is 5.32 Å². The summed E-state index contributed by atoms with van der Waals surface area (Å²) >= 11 is 0. The van der Waals surface area contributed by atoms with Crippen molar-refractivity contribution in [3.8, 4) is 0 Å². The van der Waals surface area contributed by atoms with Gasteiger partial charge in [0, 0.05) is 18.6 Å². The van der Waals surface area contributed by atoms with Crippen molar-refractivity contribution in [3.05, 3.63) is 35.4 Å². The lowest BCUT2D eigenvalue weighted by Gasteiger charge is -2.22. The summed E-state index contributed by atoms with van der Waals surface area (Å²) in [4.78, 5) is 2.50. The molecule has 1 rings (SSSR count). The number of hydrogen-bond donors (Lipinski definition) is 1. The van der Waals surface area contributed by atoms with Crippen LogP contribution in [0.15, 0.2) is 24.3 Å². The summed E-state index contributed by atoms with van der Waals surface area (Å²) in [5.41, 5.74) is 2.97. The zero-order chi connectivity index (χ0) is 14.3. The predicted octanol–water partition coefficient (Wildman–Crippen LogP) is 3.81. The monoisotopic (exact) mass is 262 g/mol. The molecule has 0 radical (unpaired) electrons. The third kappa shape index (κ3) is 6.74. The Balaban J connectivity index is 2.61. The van der Waals surface area contributed by atoms with Crippen molar-refractivity contribution in [2.75, 3.05) is 13.1 Å². The Hall–Kier alpha value is -0.860. The van der Waals surface area contributed by atoms with E-state index in [2.05, 4.69) is 69.1 Å². The summed E-state index contributed by atoms with van der Waals surface area (Å²) in [6, 6.07) is 8.95. The maximum Gasteiger partial charge on any atom is 0.0233 e. The molecule has 0 aliphatic rings. The first-order valence-corrected chi connectivity index (χ1v) is 7.49. The molecular formula is C17H30N2. The average Bonchev–Trinajstić information content (AvgIpc) is 2.35. The summed E-state index contributed by atoms with van der Waals surface area (Å²) in [5.74, 6) is 0. The molecule has 0 unspecified atom stereocenters. The van der Waals surface area contributed by atoms with Crippen LogP contribution in [0.3, 0.4) is 0 Å². The molecule has 0 spiro atoms.